The SMILES string of the molecule is Cc1ncsc1C(=O)NC1CCN(Cc2cc(-c3ccccn3)nn2C)CC1. The molecule has 0 spiro atoms. The predicted octanol–water partition coefficient (Wildman–Crippen LogP) is 2.64. The molecule has 8 heteroatoms. The minimum atomic E-state index is 0.00471. The summed E-state index contributed by atoms with van der Waals surface area (Å²) in [5, 5.41) is 7.77. The molecule has 0 aliphatic carbocycles. The summed E-state index contributed by atoms with van der Waals surface area (Å²) in [5.41, 5.74) is 5.49. The van der Waals surface area contributed by atoms with Crippen LogP contribution in [0.1, 0.15) is 33.9 Å². The van der Waals surface area contributed by atoms with E-state index in [0.29, 0.717) is 0 Å². The third-order valence-electron chi connectivity index (χ3n) is 5.16. The van der Waals surface area contributed by atoms with Gasteiger partial charge in [-0.1, -0.05) is 6.07 Å². The van der Waals surface area contributed by atoms with Crippen LogP contribution in [-0.4, -0.2) is 49.7 Å². The summed E-state index contributed by atoms with van der Waals surface area (Å²) >= 11 is 1.40. The number of pyridine rings is 1. The van der Waals surface area contributed by atoms with E-state index in [1.165, 1.54) is 17.0 Å². The maximum absolute atomic E-state index is 12.4. The van der Waals surface area contributed by atoms with Gasteiger partial charge in [0, 0.05) is 38.9 Å². The van der Waals surface area contributed by atoms with Crippen LogP contribution in [0.3, 0.4) is 0 Å². The lowest BCUT2D eigenvalue weighted by molar-refractivity contribution is 0.0911. The number of carbonyl (C=O) groups excluding carboxylic acids is 1. The number of rotatable bonds is 5. The molecule has 146 valence electrons. The summed E-state index contributed by atoms with van der Waals surface area (Å²) in [6, 6.07) is 8.20. The second-order valence-corrected chi connectivity index (χ2v) is 8.01. The van der Waals surface area contributed by atoms with E-state index in [0.717, 1.165) is 54.4 Å². The number of hydrogen-bond donors (Lipinski definition) is 1. The lowest BCUT2D eigenvalue weighted by atomic mass is 10.0. The van der Waals surface area contributed by atoms with Crippen molar-refractivity contribution < 1.29 is 4.79 Å². The lowest BCUT2D eigenvalue weighted by Gasteiger charge is -2.32. The smallest absolute Gasteiger partial charge is 0.263 e. The fourth-order valence-electron chi connectivity index (χ4n) is 3.53. The number of nitrogens with one attached hydrogen (secondary N) is 1. The number of aromatic nitrogens is 4. The van der Waals surface area contributed by atoms with Crippen LogP contribution in [0.15, 0.2) is 36.0 Å². The Morgan fingerprint density at radius 3 is 2.75 bits per heavy atom. The van der Waals surface area contributed by atoms with Crippen LogP contribution in [0.4, 0.5) is 0 Å². The molecule has 4 rings (SSSR count). The van der Waals surface area contributed by atoms with Crippen molar-refractivity contribution in [2.45, 2.75) is 32.4 Å². The molecule has 3 aromatic heterocycles. The Morgan fingerprint density at radius 1 is 1.25 bits per heavy atom. The van der Waals surface area contributed by atoms with Gasteiger partial charge in [0.1, 0.15) is 10.6 Å². The van der Waals surface area contributed by atoms with Gasteiger partial charge in [-0.2, -0.15) is 5.10 Å². The van der Waals surface area contributed by atoms with Crippen LogP contribution in [-0.2, 0) is 13.6 Å². The first-order chi connectivity index (χ1) is 13.6. The average molecular weight is 397 g/mol. The molecule has 0 radical (unpaired) electrons. The van der Waals surface area contributed by atoms with Crippen LogP contribution < -0.4 is 5.32 Å². The van der Waals surface area contributed by atoms with E-state index in [4.69, 9.17) is 0 Å². The van der Waals surface area contributed by atoms with Crippen LogP contribution in [0, 0.1) is 6.92 Å². The van der Waals surface area contributed by atoms with Crippen molar-refractivity contribution >= 4 is 17.2 Å². The van der Waals surface area contributed by atoms with Crippen molar-refractivity contribution in [2.24, 2.45) is 7.05 Å². The predicted molar refractivity (Wildman–Crippen MR) is 109 cm³/mol. The fraction of sp³-hybridized carbons (Fsp3) is 0.400. The Hall–Kier alpha value is -2.58. The van der Waals surface area contributed by atoms with Gasteiger partial charge in [-0.05, 0) is 38.0 Å². The van der Waals surface area contributed by atoms with Crippen molar-refractivity contribution in [2.75, 3.05) is 13.1 Å². The van der Waals surface area contributed by atoms with Crippen molar-refractivity contribution in [3.05, 3.63) is 52.2 Å². The van der Waals surface area contributed by atoms with E-state index in [1.54, 1.807) is 11.7 Å². The molecule has 0 unspecified atom stereocenters. The molecule has 0 bridgehead atoms. The highest BCUT2D eigenvalue weighted by Gasteiger charge is 2.23. The molecular formula is C20H24N6OS. The van der Waals surface area contributed by atoms with Gasteiger partial charge in [0.2, 0.25) is 0 Å². The van der Waals surface area contributed by atoms with Crippen LogP contribution in [0.2, 0.25) is 0 Å². The van der Waals surface area contributed by atoms with Gasteiger partial charge < -0.3 is 5.32 Å². The standard InChI is InChI=1S/C20H24N6OS/c1-14-19(28-13-22-14)20(27)23-15-6-9-26(10-7-15)12-16-11-18(24-25(16)2)17-5-3-4-8-21-17/h3-5,8,11,13,15H,6-7,9-10,12H2,1-2H3,(H,23,27). The zero-order valence-corrected chi connectivity index (χ0v) is 16.9. The highest BCUT2D eigenvalue weighted by molar-refractivity contribution is 7.11. The number of aryl methyl sites for hydroxylation is 2. The maximum atomic E-state index is 12.4. The maximum Gasteiger partial charge on any atom is 0.263 e. The summed E-state index contributed by atoms with van der Waals surface area (Å²) in [4.78, 5) is 24.1. The molecule has 3 aromatic rings. The van der Waals surface area contributed by atoms with Gasteiger partial charge in [-0.25, -0.2) is 4.98 Å². The zero-order valence-electron chi connectivity index (χ0n) is 16.1. The lowest BCUT2D eigenvalue weighted by Crippen LogP contribution is -2.44. The monoisotopic (exact) mass is 396 g/mol. The van der Waals surface area contributed by atoms with Gasteiger partial charge >= 0.3 is 0 Å². The summed E-state index contributed by atoms with van der Waals surface area (Å²) in [5.74, 6) is 0.00471. The minimum absolute atomic E-state index is 0.00471. The quantitative estimate of drug-likeness (QED) is 0.718. The molecule has 0 atom stereocenters. The Balaban J connectivity index is 1.32. The number of likely N-dealkylation sites (tertiary alicyclic amines) is 1. The summed E-state index contributed by atoms with van der Waals surface area (Å²) < 4.78 is 1.93. The topological polar surface area (TPSA) is 75.9 Å². The first kappa shape index (κ1) is 18.8. The second kappa shape index (κ2) is 8.20. The Kier molecular flexibility index (Phi) is 5.50. The highest BCUT2D eigenvalue weighted by atomic mass is 32.1. The third-order valence-corrected chi connectivity index (χ3v) is 6.09. The third kappa shape index (κ3) is 4.13. The zero-order chi connectivity index (χ0) is 19.5. The number of thiazole rings is 1. The van der Waals surface area contributed by atoms with Gasteiger partial charge in [0.05, 0.1) is 22.6 Å². The minimum Gasteiger partial charge on any atom is -0.348 e. The molecule has 4 heterocycles. The first-order valence-electron chi connectivity index (χ1n) is 9.48. The Morgan fingerprint density at radius 2 is 2.07 bits per heavy atom. The molecule has 1 N–H and O–H groups in total. The van der Waals surface area contributed by atoms with E-state index in [1.807, 2.05) is 36.9 Å². The van der Waals surface area contributed by atoms with Crippen LogP contribution in [0.5, 0.6) is 0 Å². The molecule has 28 heavy (non-hydrogen) atoms. The van der Waals surface area contributed by atoms with Gasteiger partial charge in [-0.3, -0.25) is 19.4 Å². The average Bonchev–Trinajstić information content (AvgIpc) is 3.30. The van der Waals surface area contributed by atoms with E-state index in [-0.39, 0.29) is 11.9 Å². The van der Waals surface area contributed by atoms with Gasteiger partial charge in [-0.15, -0.1) is 11.3 Å². The molecule has 0 saturated carbocycles. The largest absolute Gasteiger partial charge is 0.348 e. The summed E-state index contributed by atoms with van der Waals surface area (Å²) in [7, 11) is 1.98. The van der Waals surface area contributed by atoms with Crippen LogP contribution in [0.25, 0.3) is 11.4 Å². The van der Waals surface area contributed by atoms with Gasteiger partial charge in [0.25, 0.3) is 5.91 Å². The molecule has 1 aliphatic heterocycles. The fourth-order valence-corrected chi connectivity index (χ4v) is 4.23. The van der Waals surface area contributed by atoms with Crippen molar-refractivity contribution in [3.63, 3.8) is 0 Å². The summed E-state index contributed by atoms with van der Waals surface area (Å²) in [6.45, 7) is 4.64. The number of piperidine rings is 1. The first-order valence-corrected chi connectivity index (χ1v) is 10.4. The van der Waals surface area contributed by atoms with Crippen molar-refractivity contribution in [1.29, 1.82) is 0 Å². The van der Waals surface area contributed by atoms with Crippen molar-refractivity contribution in [1.82, 2.24) is 30.0 Å². The number of amides is 1. The molecular weight excluding hydrogens is 372 g/mol. The number of carbonyl (C=O) groups is 1. The molecule has 1 aliphatic rings. The molecule has 1 saturated heterocycles. The molecule has 1 amide bonds. The highest BCUT2D eigenvalue weighted by Crippen LogP contribution is 2.20. The van der Waals surface area contributed by atoms with E-state index < -0.39 is 0 Å². The van der Waals surface area contributed by atoms with Crippen molar-refractivity contribution in [3.8, 4) is 11.4 Å². The van der Waals surface area contributed by atoms with E-state index in [2.05, 4.69) is 31.3 Å². The summed E-state index contributed by atoms with van der Waals surface area (Å²) in [6.07, 6.45) is 3.69. The molecule has 7 nitrogen and oxygen atoms in total. The molecule has 1 fully saturated rings. The number of hydrogen-bond acceptors (Lipinski definition) is 6. The van der Waals surface area contributed by atoms with Gasteiger partial charge in [0.15, 0.2) is 0 Å². The normalized spacial score (nSPS) is 15.6. The van der Waals surface area contributed by atoms with E-state index in [9.17, 15) is 4.79 Å². The second-order valence-electron chi connectivity index (χ2n) is 7.15. The Bertz CT molecular complexity index is 943. The van der Waals surface area contributed by atoms with Crippen LogP contribution >= 0.6 is 11.3 Å². The molecule has 0 aromatic carbocycles. The number of nitrogens with zero attached hydrogens (tertiary/aromatic N) is 5. The Labute approximate surface area is 168 Å². The van der Waals surface area contributed by atoms with E-state index >= 15 is 0 Å².